The third-order valence-corrected chi connectivity index (χ3v) is 10.4. The van der Waals surface area contributed by atoms with Crippen LogP contribution in [0.1, 0.15) is 11.6 Å². The van der Waals surface area contributed by atoms with E-state index in [1.807, 2.05) is 54.9 Å². The standard InChI is InChI=1S/C49H34N6/c1-55-45-19-11-10-18-43(45)51-31-46(55)35-22-26-37(27-23-35)49-53-47(36-24-20-34(21-25-36)44-30-50-41-16-8-9-17-42(41)52-44)40-29-38(32-12-4-2-5-13-32)28-39(48(40)54-49)33-14-6-3-7-15-33/h2-31,46H,1H3. The minimum absolute atomic E-state index is 0.0175. The molecule has 55 heavy (non-hydrogen) atoms. The fourth-order valence-corrected chi connectivity index (χ4v) is 7.52. The third kappa shape index (κ3) is 6.00. The normalized spacial score (nSPS) is 13.6. The number of para-hydroxylation sites is 4. The molecule has 260 valence electrons. The Morgan fingerprint density at radius 3 is 1.95 bits per heavy atom. The van der Waals surface area contributed by atoms with E-state index in [0.29, 0.717) is 5.82 Å². The van der Waals surface area contributed by atoms with Gasteiger partial charge in [-0.1, -0.05) is 133 Å². The van der Waals surface area contributed by atoms with Crippen LogP contribution in [0.15, 0.2) is 181 Å². The van der Waals surface area contributed by atoms with Gasteiger partial charge in [-0.25, -0.2) is 15.0 Å². The second-order valence-electron chi connectivity index (χ2n) is 13.8. The van der Waals surface area contributed by atoms with E-state index in [0.717, 1.165) is 89.2 Å². The molecule has 0 saturated carbocycles. The quantitative estimate of drug-likeness (QED) is 0.172. The van der Waals surface area contributed by atoms with Crippen LogP contribution in [0, 0.1) is 0 Å². The highest BCUT2D eigenvalue weighted by atomic mass is 15.2. The average molecular weight is 707 g/mol. The van der Waals surface area contributed by atoms with Crippen molar-refractivity contribution in [2.24, 2.45) is 4.99 Å². The molecule has 1 atom stereocenters. The number of hydrogen-bond donors (Lipinski definition) is 0. The molecule has 0 saturated heterocycles. The van der Waals surface area contributed by atoms with Gasteiger partial charge in [0.2, 0.25) is 0 Å². The zero-order valence-electron chi connectivity index (χ0n) is 30.1. The van der Waals surface area contributed by atoms with Crippen molar-refractivity contribution >= 4 is 39.5 Å². The van der Waals surface area contributed by atoms with Crippen molar-refractivity contribution in [3.8, 4) is 56.2 Å². The maximum absolute atomic E-state index is 5.37. The Hall–Kier alpha value is -7.31. The highest BCUT2D eigenvalue weighted by molar-refractivity contribution is 6.04. The summed E-state index contributed by atoms with van der Waals surface area (Å²) in [7, 11) is 2.12. The van der Waals surface area contributed by atoms with Crippen molar-refractivity contribution in [3.63, 3.8) is 0 Å². The Balaban J connectivity index is 1.13. The van der Waals surface area contributed by atoms with Gasteiger partial charge in [0.25, 0.3) is 0 Å². The molecule has 0 radical (unpaired) electrons. The lowest BCUT2D eigenvalue weighted by Crippen LogP contribution is -2.27. The van der Waals surface area contributed by atoms with Crippen LogP contribution < -0.4 is 4.90 Å². The SMILES string of the molecule is CN1c2ccccc2N=CC1c1ccc(-c2nc(-c3ccc(-c4cnc5ccccc5n4)cc3)c3cc(-c4ccccc4)cc(-c4ccccc4)c3n2)cc1. The minimum atomic E-state index is 0.0175. The number of benzene rings is 7. The second-order valence-corrected chi connectivity index (χ2v) is 13.8. The van der Waals surface area contributed by atoms with Crippen molar-refractivity contribution < 1.29 is 0 Å². The van der Waals surface area contributed by atoms with Crippen LogP contribution in [-0.2, 0) is 0 Å². The summed E-state index contributed by atoms with van der Waals surface area (Å²) >= 11 is 0. The first-order valence-corrected chi connectivity index (χ1v) is 18.4. The lowest BCUT2D eigenvalue weighted by Gasteiger charge is -2.31. The van der Waals surface area contributed by atoms with Crippen LogP contribution in [0.2, 0.25) is 0 Å². The van der Waals surface area contributed by atoms with E-state index in [2.05, 4.69) is 144 Å². The van der Waals surface area contributed by atoms with Gasteiger partial charge in [-0.15, -0.1) is 0 Å². The van der Waals surface area contributed by atoms with Crippen molar-refractivity contribution in [2.75, 3.05) is 11.9 Å². The van der Waals surface area contributed by atoms with Crippen LogP contribution in [0.25, 0.3) is 78.1 Å². The Morgan fingerprint density at radius 1 is 0.509 bits per heavy atom. The molecule has 0 bridgehead atoms. The predicted molar refractivity (Wildman–Crippen MR) is 226 cm³/mol. The minimum Gasteiger partial charge on any atom is -0.361 e. The lowest BCUT2D eigenvalue weighted by molar-refractivity contribution is 0.851. The predicted octanol–water partition coefficient (Wildman–Crippen LogP) is 11.8. The molecule has 10 rings (SSSR count). The average Bonchev–Trinajstić information content (AvgIpc) is 3.26. The van der Waals surface area contributed by atoms with Crippen LogP contribution >= 0.6 is 0 Å². The fraction of sp³-hybridized carbons (Fsp3) is 0.0408. The van der Waals surface area contributed by atoms with Crippen LogP contribution in [0.3, 0.4) is 0 Å². The first-order valence-electron chi connectivity index (χ1n) is 18.4. The van der Waals surface area contributed by atoms with E-state index in [4.69, 9.17) is 19.9 Å². The summed E-state index contributed by atoms with van der Waals surface area (Å²) in [5, 5.41) is 0.984. The molecule has 2 aromatic heterocycles. The van der Waals surface area contributed by atoms with Gasteiger partial charge in [0, 0.05) is 40.9 Å². The molecular weight excluding hydrogens is 673 g/mol. The second kappa shape index (κ2) is 13.6. The monoisotopic (exact) mass is 706 g/mol. The zero-order chi connectivity index (χ0) is 36.7. The summed E-state index contributed by atoms with van der Waals surface area (Å²) in [6.45, 7) is 0. The zero-order valence-corrected chi connectivity index (χ0v) is 30.1. The van der Waals surface area contributed by atoms with Crippen LogP contribution in [0.5, 0.6) is 0 Å². The maximum Gasteiger partial charge on any atom is 0.160 e. The van der Waals surface area contributed by atoms with E-state index in [1.54, 1.807) is 0 Å². The van der Waals surface area contributed by atoms with E-state index < -0.39 is 0 Å². The molecule has 6 heteroatoms. The summed E-state index contributed by atoms with van der Waals surface area (Å²) in [4.78, 5) is 27.3. The van der Waals surface area contributed by atoms with E-state index in [1.165, 1.54) is 0 Å². The number of fused-ring (bicyclic) bond motifs is 3. The molecule has 3 heterocycles. The van der Waals surface area contributed by atoms with Gasteiger partial charge in [-0.3, -0.25) is 9.98 Å². The first kappa shape index (κ1) is 32.3. The summed E-state index contributed by atoms with van der Waals surface area (Å²) < 4.78 is 0. The third-order valence-electron chi connectivity index (χ3n) is 10.4. The summed E-state index contributed by atoms with van der Waals surface area (Å²) in [5.41, 5.74) is 14.9. The molecule has 1 unspecified atom stereocenters. The molecule has 7 aromatic carbocycles. The highest BCUT2D eigenvalue weighted by Gasteiger charge is 2.22. The molecule has 0 N–H and O–H groups in total. The summed E-state index contributed by atoms with van der Waals surface area (Å²) in [5.74, 6) is 0.666. The molecule has 6 nitrogen and oxygen atoms in total. The Bertz CT molecular complexity index is 2870. The van der Waals surface area contributed by atoms with Gasteiger partial charge >= 0.3 is 0 Å². The van der Waals surface area contributed by atoms with Crippen molar-refractivity contribution in [1.29, 1.82) is 0 Å². The number of rotatable bonds is 6. The number of aromatic nitrogens is 4. The molecule has 0 amide bonds. The Labute approximate surface area is 319 Å². The topological polar surface area (TPSA) is 67.2 Å². The molecule has 9 aromatic rings. The highest BCUT2D eigenvalue weighted by Crippen LogP contribution is 2.40. The van der Waals surface area contributed by atoms with Crippen molar-refractivity contribution in [1.82, 2.24) is 19.9 Å². The van der Waals surface area contributed by atoms with Gasteiger partial charge in [0.05, 0.1) is 51.6 Å². The number of hydrogen-bond acceptors (Lipinski definition) is 6. The summed E-state index contributed by atoms with van der Waals surface area (Å²) in [6.07, 6.45) is 3.86. The molecule has 1 aliphatic rings. The van der Waals surface area contributed by atoms with E-state index in [-0.39, 0.29) is 6.04 Å². The smallest absolute Gasteiger partial charge is 0.160 e. The first-order chi connectivity index (χ1) is 27.2. The lowest BCUT2D eigenvalue weighted by atomic mass is 9.93. The molecule has 0 aliphatic carbocycles. The fourth-order valence-electron chi connectivity index (χ4n) is 7.52. The van der Waals surface area contributed by atoms with Crippen molar-refractivity contribution in [2.45, 2.75) is 6.04 Å². The van der Waals surface area contributed by atoms with Gasteiger partial charge in [-0.2, -0.15) is 0 Å². The Morgan fingerprint density at radius 2 is 1.16 bits per heavy atom. The number of aliphatic imine (C=N–C) groups is 1. The molecule has 0 spiro atoms. The molecule has 0 fully saturated rings. The van der Waals surface area contributed by atoms with E-state index in [9.17, 15) is 0 Å². The van der Waals surface area contributed by atoms with Crippen LogP contribution in [0.4, 0.5) is 11.4 Å². The van der Waals surface area contributed by atoms with E-state index >= 15 is 0 Å². The number of anilines is 1. The molecular formula is C49H34N6. The summed E-state index contributed by atoms with van der Waals surface area (Å²) in [6, 6.07) is 58.8. The van der Waals surface area contributed by atoms with Gasteiger partial charge < -0.3 is 4.90 Å². The van der Waals surface area contributed by atoms with Gasteiger partial charge in [-0.05, 0) is 58.7 Å². The largest absolute Gasteiger partial charge is 0.361 e. The van der Waals surface area contributed by atoms with Gasteiger partial charge in [0.1, 0.15) is 0 Å². The molecule has 1 aliphatic heterocycles. The van der Waals surface area contributed by atoms with Crippen molar-refractivity contribution in [3.05, 3.63) is 182 Å². The Kier molecular flexibility index (Phi) is 7.99. The maximum atomic E-state index is 5.37. The van der Waals surface area contributed by atoms with Gasteiger partial charge in [0.15, 0.2) is 5.82 Å². The van der Waals surface area contributed by atoms with Crippen LogP contribution in [-0.4, -0.2) is 33.2 Å². The number of nitrogens with zero attached hydrogens (tertiary/aromatic N) is 6.